The Morgan fingerprint density at radius 3 is 2.33 bits per heavy atom. The Morgan fingerprint density at radius 2 is 1.81 bits per heavy atom. The molecular weight excluding hydrogens is 374 g/mol. The Bertz CT molecular complexity index is 955. The molecule has 0 radical (unpaired) electrons. The van der Waals surface area contributed by atoms with Gasteiger partial charge in [0.1, 0.15) is 10.6 Å². The lowest BCUT2D eigenvalue weighted by molar-refractivity contribution is -0.384. The van der Waals surface area contributed by atoms with E-state index in [-0.39, 0.29) is 28.4 Å². The summed E-state index contributed by atoms with van der Waals surface area (Å²) in [5.74, 6) is -0.346. The molecule has 2 rings (SSSR count). The second kappa shape index (κ2) is 8.14. The minimum absolute atomic E-state index is 0.0428. The van der Waals surface area contributed by atoms with Crippen LogP contribution < -0.4 is 10.1 Å². The maximum atomic E-state index is 12.4. The highest BCUT2D eigenvalue weighted by Crippen LogP contribution is 2.27. The number of rotatable bonds is 7. The first-order chi connectivity index (χ1) is 12.7. The molecular formula is C17H19N3O6S. The molecule has 1 N–H and O–H groups in total. The monoisotopic (exact) mass is 393 g/mol. The first-order valence-corrected chi connectivity index (χ1v) is 9.23. The molecule has 1 amide bonds. The molecule has 0 saturated carbocycles. The van der Waals surface area contributed by atoms with E-state index in [9.17, 15) is 23.3 Å². The van der Waals surface area contributed by atoms with Crippen molar-refractivity contribution in [3.8, 4) is 5.75 Å². The zero-order valence-electron chi connectivity index (χ0n) is 15.0. The quantitative estimate of drug-likeness (QED) is 0.566. The summed E-state index contributed by atoms with van der Waals surface area (Å²) in [6.07, 6.45) is 0. The van der Waals surface area contributed by atoms with Gasteiger partial charge in [0, 0.05) is 38.3 Å². The minimum atomic E-state index is -3.79. The summed E-state index contributed by atoms with van der Waals surface area (Å²) in [6, 6.07) is 9.88. The Kier molecular flexibility index (Phi) is 6.13. The number of benzene rings is 2. The van der Waals surface area contributed by atoms with Crippen molar-refractivity contribution < 1.29 is 22.9 Å². The van der Waals surface area contributed by atoms with Crippen molar-refractivity contribution in [3.63, 3.8) is 0 Å². The highest BCUT2D eigenvalue weighted by molar-refractivity contribution is 7.89. The standard InChI is InChI=1S/C17H19N3O6S/c1-19(2)27(24,25)16-10-13(6-9-15(16)26-3)17(21)18-11-12-4-7-14(8-5-12)20(22)23/h4-10H,11H2,1-3H3,(H,18,21). The van der Waals surface area contributed by atoms with Gasteiger partial charge in [-0.15, -0.1) is 0 Å². The van der Waals surface area contributed by atoms with Gasteiger partial charge in [-0.25, -0.2) is 12.7 Å². The third-order valence-corrected chi connectivity index (χ3v) is 5.62. The number of ether oxygens (including phenoxy) is 1. The van der Waals surface area contributed by atoms with Crippen molar-refractivity contribution in [1.82, 2.24) is 9.62 Å². The van der Waals surface area contributed by atoms with Gasteiger partial charge in [0.25, 0.3) is 11.6 Å². The van der Waals surface area contributed by atoms with Crippen LogP contribution in [0.5, 0.6) is 5.75 Å². The van der Waals surface area contributed by atoms with Crippen LogP contribution in [-0.2, 0) is 16.6 Å². The van der Waals surface area contributed by atoms with E-state index in [0.29, 0.717) is 5.56 Å². The van der Waals surface area contributed by atoms with E-state index in [1.165, 1.54) is 63.7 Å². The third-order valence-electron chi connectivity index (χ3n) is 3.78. The Labute approximate surface area is 156 Å². The number of sulfonamides is 1. The summed E-state index contributed by atoms with van der Waals surface area (Å²) in [6.45, 7) is 0.138. The molecule has 2 aromatic rings. The molecule has 27 heavy (non-hydrogen) atoms. The summed E-state index contributed by atoms with van der Waals surface area (Å²) >= 11 is 0. The Balaban J connectivity index is 2.20. The number of nitro benzene ring substituents is 1. The number of non-ortho nitro benzene ring substituents is 1. The molecule has 0 bridgehead atoms. The lowest BCUT2D eigenvalue weighted by Gasteiger charge is -2.15. The highest BCUT2D eigenvalue weighted by Gasteiger charge is 2.23. The van der Waals surface area contributed by atoms with Crippen LogP contribution in [-0.4, -0.2) is 44.8 Å². The molecule has 0 saturated heterocycles. The Morgan fingerprint density at radius 1 is 1.19 bits per heavy atom. The molecule has 0 spiro atoms. The second-order valence-corrected chi connectivity index (χ2v) is 7.88. The van der Waals surface area contributed by atoms with Crippen LogP contribution in [0.25, 0.3) is 0 Å². The molecule has 10 heteroatoms. The highest BCUT2D eigenvalue weighted by atomic mass is 32.2. The smallest absolute Gasteiger partial charge is 0.269 e. The van der Waals surface area contributed by atoms with Gasteiger partial charge in [-0.3, -0.25) is 14.9 Å². The maximum Gasteiger partial charge on any atom is 0.269 e. The number of amides is 1. The summed E-state index contributed by atoms with van der Waals surface area (Å²) in [4.78, 5) is 22.4. The number of nitrogens with zero attached hydrogens (tertiary/aromatic N) is 2. The van der Waals surface area contributed by atoms with E-state index in [0.717, 1.165) is 4.31 Å². The molecule has 0 aromatic heterocycles. The molecule has 0 fully saturated rings. The van der Waals surface area contributed by atoms with E-state index in [4.69, 9.17) is 4.74 Å². The SMILES string of the molecule is COc1ccc(C(=O)NCc2ccc([N+](=O)[O-])cc2)cc1S(=O)(=O)N(C)C. The minimum Gasteiger partial charge on any atom is -0.495 e. The number of nitro groups is 1. The average molecular weight is 393 g/mol. The number of methoxy groups -OCH3 is 1. The van der Waals surface area contributed by atoms with Crippen molar-refractivity contribution in [2.45, 2.75) is 11.4 Å². The van der Waals surface area contributed by atoms with Gasteiger partial charge in [-0.1, -0.05) is 12.1 Å². The Hall–Kier alpha value is -2.98. The van der Waals surface area contributed by atoms with E-state index in [1.807, 2.05) is 0 Å². The van der Waals surface area contributed by atoms with Gasteiger partial charge < -0.3 is 10.1 Å². The number of carbonyl (C=O) groups is 1. The third kappa shape index (κ3) is 4.60. The zero-order chi connectivity index (χ0) is 20.2. The largest absolute Gasteiger partial charge is 0.495 e. The normalized spacial score (nSPS) is 11.3. The number of hydrogen-bond acceptors (Lipinski definition) is 6. The molecule has 0 unspecified atom stereocenters. The topological polar surface area (TPSA) is 119 Å². The molecule has 0 aliphatic carbocycles. The fourth-order valence-electron chi connectivity index (χ4n) is 2.24. The molecule has 9 nitrogen and oxygen atoms in total. The van der Waals surface area contributed by atoms with Gasteiger partial charge in [-0.05, 0) is 23.8 Å². The van der Waals surface area contributed by atoms with Crippen molar-refractivity contribution in [2.75, 3.05) is 21.2 Å². The summed E-state index contributed by atoms with van der Waals surface area (Å²) < 4.78 is 30.9. The van der Waals surface area contributed by atoms with E-state index >= 15 is 0 Å². The van der Waals surface area contributed by atoms with Crippen molar-refractivity contribution >= 4 is 21.6 Å². The van der Waals surface area contributed by atoms with E-state index in [2.05, 4.69) is 5.32 Å². The van der Waals surface area contributed by atoms with Crippen molar-refractivity contribution in [3.05, 3.63) is 63.7 Å². The van der Waals surface area contributed by atoms with Gasteiger partial charge in [-0.2, -0.15) is 0 Å². The fraction of sp³-hybridized carbons (Fsp3) is 0.235. The maximum absolute atomic E-state index is 12.4. The van der Waals surface area contributed by atoms with Gasteiger partial charge in [0.2, 0.25) is 10.0 Å². The number of hydrogen-bond donors (Lipinski definition) is 1. The summed E-state index contributed by atoms with van der Waals surface area (Å²) in [5, 5.41) is 13.3. The fourth-order valence-corrected chi connectivity index (χ4v) is 3.31. The van der Waals surface area contributed by atoms with Crippen LogP contribution >= 0.6 is 0 Å². The molecule has 0 heterocycles. The number of carbonyl (C=O) groups excluding carboxylic acids is 1. The van der Waals surface area contributed by atoms with Gasteiger partial charge in [0.15, 0.2) is 0 Å². The van der Waals surface area contributed by atoms with Crippen LogP contribution in [0.1, 0.15) is 15.9 Å². The zero-order valence-corrected chi connectivity index (χ0v) is 15.8. The molecule has 144 valence electrons. The average Bonchev–Trinajstić information content (AvgIpc) is 2.65. The first kappa shape index (κ1) is 20.3. The lowest BCUT2D eigenvalue weighted by Crippen LogP contribution is -2.25. The molecule has 0 aliphatic heterocycles. The van der Waals surface area contributed by atoms with Crippen molar-refractivity contribution in [1.29, 1.82) is 0 Å². The van der Waals surface area contributed by atoms with Crippen LogP contribution in [0.15, 0.2) is 47.4 Å². The van der Waals surface area contributed by atoms with Gasteiger partial charge >= 0.3 is 0 Å². The van der Waals surface area contributed by atoms with E-state index in [1.54, 1.807) is 0 Å². The van der Waals surface area contributed by atoms with Crippen LogP contribution in [0.2, 0.25) is 0 Å². The van der Waals surface area contributed by atoms with Gasteiger partial charge in [0.05, 0.1) is 12.0 Å². The van der Waals surface area contributed by atoms with Crippen LogP contribution in [0.3, 0.4) is 0 Å². The predicted molar refractivity (Wildman–Crippen MR) is 98.1 cm³/mol. The second-order valence-electron chi connectivity index (χ2n) is 5.76. The first-order valence-electron chi connectivity index (χ1n) is 7.79. The summed E-state index contributed by atoms with van der Waals surface area (Å²) in [5.41, 5.74) is 0.778. The summed E-state index contributed by atoms with van der Waals surface area (Å²) in [7, 11) is 0.324. The van der Waals surface area contributed by atoms with Crippen molar-refractivity contribution in [2.24, 2.45) is 0 Å². The lowest BCUT2D eigenvalue weighted by atomic mass is 10.1. The van der Waals surface area contributed by atoms with E-state index < -0.39 is 20.9 Å². The molecule has 0 aliphatic rings. The van der Waals surface area contributed by atoms with Crippen LogP contribution in [0, 0.1) is 10.1 Å². The number of nitrogens with one attached hydrogen (secondary N) is 1. The molecule has 2 aromatic carbocycles. The molecule has 0 atom stereocenters. The van der Waals surface area contributed by atoms with Crippen LogP contribution in [0.4, 0.5) is 5.69 Å². The predicted octanol–water partition coefficient (Wildman–Crippen LogP) is 1.78.